The van der Waals surface area contributed by atoms with Gasteiger partial charge in [0.2, 0.25) is 0 Å². The zero-order valence-electron chi connectivity index (χ0n) is 17.1. The zero-order chi connectivity index (χ0) is 19.5. The average molecular weight is 382 g/mol. The first kappa shape index (κ1) is 20.1. The molecular weight excluding hydrogens is 346 g/mol. The van der Waals surface area contributed by atoms with Crippen LogP contribution < -0.4 is 0 Å². The number of hydrogen-bond donors (Lipinski definition) is 0. The van der Waals surface area contributed by atoms with Crippen LogP contribution in [0, 0.1) is 5.92 Å². The number of benzene rings is 1. The van der Waals surface area contributed by atoms with Gasteiger partial charge in [0.25, 0.3) is 5.91 Å². The molecule has 0 aromatic heterocycles. The lowest BCUT2D eigenvalue weighted by Crippen LogP contribution is -2.56. The van der Waals surface area contributed by atoms with Crippen LogP contribution in [0.15, 0.2) is 55.6 Å². The number of hydrogen-bond acceptors (Lipinski definition) is 1. The second-order valence-corrected chi connectivity index (χ2v) is 14.4. The Balaban J connectivity index is 1.98. The normalized spacial score (nSPS) is 28.3. The molecule has 2 aliphatic rings. The van der Waals surface area contributed by atoms with Crippen molar-refractivity contribution in [3.63, 3.8) is 0 Å². The van der Waals surface area contributed by atoms with Gasteiger partial charge >= 0.3 is 0 Å². The Bertz CT molecular complexity index is 683. The third-order valence-corrected chi connectivity index (χ3v) is 9.80. The predicted octanol–water partition coefficient (Wildman–Crippen LogP) is 6.30. The molecule has 27 heavy (non-hydrogen) atoms. The molecule has 146 valence electrons. The van der Waals surface area contributed by atoms with E-state index in [0.29, 0.717) is 12.0 Å². The van der Waals surface area contributed by atoms with E-state index in [0.717, 1.165) is 30.9 Å². The van der Waals surface area contributed by atoms with Gasteiger partial charge in [-0.15, -0.1) is 13.2 Å². The number of carbonyl (C=O) groups excluding carboxylic acids is 1. The van der Waals surface area contributed by atoms with Gasteiger partial charge in [-0.1, -0.05) is 56.3 Å². The van der Waals surface area contributed by atoms with Crippen LogP contribution in [0.25, 0.3) is 0 Å². The van der Waals surface area contributed by atoms with Crippen LogP contribution in [0.3, 0.4) is 0 Å². The van der Waals surface area contributed by atoms with Gasteiger partial charge in [-0.3, -0.25) is 4.79 Å². The van der Waals surface area contributed by atoms with Gasteiger partial charge in [0.15, 0.2) is 0 Å². The van der Waals surface area contributed by atoms with Crippen molar-refractivity contribution >= 4 is 14.0 Å². The third-order valence-electron chi connectivity index (χ3n) is 6.83. The van der Waals surface area contributed by atoms with Crippen LogP contribution in [0.1, 0.15) is 48.9 Å². The predicted molar refractivity (Wildman–Crippen MR) is 118 cm³/mol. The molecule has 1 aromatic carbocycles. The van der Waals surface area contributed by atoms with E-state index in [1.54, 1.807) is 0 Å². The molecule has 1 heterocycles. The highest BCUT2D eigenvalue weighted by molar-refractivity contribution is 6.78. The maximum Gasteiger partial charge on any atom is 0.254 e. The van der Waals surface area contributed by atoms with Gasteiger partial charge in [-0.05, 0) is 55.8 Å². The lowest BCUT2D eigenvalue weighted by Gasteiger charge is -2.49. The summed E-state index contributed by atoms with van der Waals surface area (Å²) in [5.41, 5.74) is 0.816. The van der Waals surface area contributed by atoms with Crippen LogP contribution in [0.4, 0.5) is 0 Å². The fourth-order valence-corrected chi connectivity index (χ4v) is 8.23. The fourth-order valence-electron chi connectivity index (χ4n) is 5.62. The summed E-state index contributed by atoms with van der Waals surface area (Å²) in [4.78, 5) is 16.1. The maximum absolute atomic E-state index is 13.7. The molecule has 0 N–H and O–H groups in total. The van der Waals surface area contributed by atoms with E-state index >= 15 is 0 Å². The Morgan fingerprint density at radius 1 is 1.19 bits per heavy atom. The Labute approximate surface area is 166 Å². The van der Waals surface area contributed by atoms with Crippen LogP contribution >= 0.6 is 0 Å². The van der Waals surface area contributed by atoms with E-state index in [1.165, 1.54) is 25.3 Å². The van der Waals surface area contributed by atoms with Crippen molar-refractivity contribution in [2.45, 2.75) is 75.3 Å². The molecule has 3 heteroatoms. The van der Waals surface area contributed by atoms with Crippen molar-refractivity contribution in [1.29, 1.82) is 0 Å². The topological polar surface area (TPSA) is 20.3 Å². The number of likely N-dealkylation sites (tertiary alicyclic amines) is 1. The molecule has 3 rings (SSSR count). The van der Waals surface area contributed by atoms with Crippen molar-refractivity contribution < 1.29 is 4.79 Å². The van der Waals surface area contributed by atoms with Gasteiger partial charge < -0.3 is 4.90 Å². The summed E-state index contributed by atoms with van der Waals surface area (Å²) in [5.74, 6) is 0.656. The number of rotatable bonds is 6. The molecule has 1 aliphatic heterocycles. The van der Waals surface area contributed by atoms with Crippen molar-refractivity contribution in [2.75, 3.05) is 0 Å². The molecule has 1 spiro atoms. The first-order chi connectivity index (χ1) is 12.9. The molecule has 0 radical (unpaired) electrons. The van der Waals surface area contributed by atoms with E-state index in [-0.39, 0.29) is 11.4 Å². The molecule has 3 atom stereocenters. The molecule has 3 unspecified atom stereocenters. The van der Waals surface area contributed by atoms with Crippen molar-refractivity contribution in [1.82, 2.24) is 4.90 Å². The molecule has 1 saturated carbocycles. The van der Waals surface area contributed by atoms with Crippen LogP contribution in [0.5, 0.6) is 0 Å². The SMILES string of the molecule is C=CC[Si](C)(C)CC1CCC2(CCCCC2C=C)N1C(=O)c1ccccc1. The summed E-state index contributed by atoms with van der Waals surface area (Å²) in [7, 11) is -1.41. The first-order valence-electron chi connectivity index (χ1n) is 10.6. The molecule has 1 aromatic rings. The minimum Gasteiger partial charge on any atom is -0.330 e. The summed E-state index contributed by atoms with van der Waals surface area (Å²) in [6, 6.07) is 12.5. The Hall–Kier alpha value is -1.61. The van der Waals surface area contributed by atoms with Crippen molar-refractivity contribution in [3.8, 4) is 0 Å². The van der Waals surface area contributed by atoms with Crippen LogP contribution in [-0.2, 0) is 0 Å². The van der Waals surface area contributed by atoms with Gasteiger partial charge in [0.05, 0.1) is 8.07 Å². The third kappa shape index (κ3) is 3.98. The summed E-state index contributed by atoms with van der Waals surface area (Å²) >= 11 is 0. The van der Waals surface area contributed by atoms with Gasteiger partial charge in [-0.25, -0.2) is 0 Å². The molecule has 1 amide bonds. The second kappa shape index (κ2) is 8.18. The van der Waals surface area contributed by atoms with Crippen LogP contribution in [-0.4, -0.2) is 30.5 Å². The van der Waals surface area contributed by atoms with Crippen molar-refractivity contribution in [2.24, 2.45) is 5.92 Å². The van der Waals surface area contributed by atoms with Gasteiger partial charge in [0.1, 0.15) is 0 Å². The Morgan fingerprint density at radius 3 is 2.59 bits per heavy atom. The summed E-state index contributed by atoms with van der Waals surface area (Å²) in [5, 5.41) is 0. The fraction of sp³-hybridized carbons (Fsp3) is 0.542. The van der Waals surface area contributed by atoms with E-state index in [1.807, 2.05) is 30.3 Å². The number of allylic oxidation sites excluding steroid dienone is 1. The first-order valence-corrected chi connectivity index (χ1v) is 14.0. The van der Waals surface area contributed by atoms with Gasteiger partial charge in [-0.2, -0.15) is 0 Å². The zero-order valence-corrected chi connectivity index (χ0v) is 18.1. The van der Waals surface area contributed by atoms with Crippen molar-refractivity contribution in [3.05, 3.63) is 61.2 Å². The lowest BCUT2D eigenvalue weighted by molar-refractivity contribution is 0.0263. The highest BCUT2D eigenvalue weighted by Crippen LogP contribution is 2.50. The highest BCUT2D eigenvalue weighted by atomic mass is 28.3. The summed E-state index contributed by atoms with van der Waals surface area (Å²) in [6.07, 6.45) is 11.3. The monoisotopic (exact) mass is 381 g/mol. The molecular formula is C24H35NOSi. The summed E-state index contributed by atoms with van der Waals surface area (Å²) < 4.78 is 0. The number of carbonyl (C=O) groups is 1. The molecule has 0 bridgehead atoms. The largest absolute Gasteiger partial charge is 0.330 e. The van der Waals surface area contributed by atoms with E-state index in [4.69, 9.17) is 0 Å². The summed E-state index contributed by atoms with van der Waals surface area (Å²) in [6.45, 7) is 13.0. The average Bonchev–Trinajstić information content (AvgIpc) is 2.99. The van der Waals surface area contributed by atoms with E-state index in [2.05, 4.69) is 43.3 Å². The number of nitrogens with zero attached hydrogens (tertiary/aromatic N) is 1. The highest BCUT2D eigenvalue weighted by Gasteiger charge is 2.53. The van der Waals surface area contributed by atoms with E-state index < -0.39 is 8.07 Å². The smallest absolute Gasteiger partial charge is 0.254 e. The standard InChI is InChI=1S/C24H35NOSi/c1-5-18-27(3,4)19-22-15-17-24(16-11-10-14-21(24)6-2)25(22)23(26)20-12-8-7-9-13-20/h5-9,12-13,21-22H,1-2,10-11,14-19H2,3-4H3. The van der Waals surface area contributed by atoms with E-state index in [9.17, 15) is 4.79 Å². The lowest BCUT2D eigenvalue weighted by atomic mass is 9.71. The molecule has 2 fully saturated rings. The maximum atomic E-state index is 13.7. The Morgan fingerprint density at radius 2 is 1.93 bits per heavy atom. The number of amides is 1. The minimum atomic E-state index is -1.41. The molecule has 2 nitrogen and oxygen atoms in total. The Kier molecular flexibility index (Phi) is 6.10. The van der Waals surface area contributed by atoms with Crippen LogP contribution in [0.2, 0.25) is 25.2 Å². The molecule has 1 aliphatic carbocycles. The minimum absolute atomic E-state index is 0.0176. The molecule has 1 saturated heterocycles. The second-order valence-electron chi connectivity index (χ2n) is 9.29. The van der Waals surface area contributed by atoms with Gasteiger partial charge in [0, 0.05) is 17.1 Å². The quantitative estimate of drug-likeness (QED) is 0.418.